The third-order valence-corrected chi connectivity index (χ3v) is 3.86. The Morgan fingerprint density at radius 2 is 1.67 bits per heavy atom. The number of aryl methyl sites for hydroxylation is 1. The van der Waals surface area contributed by atoms with Gasteiger partial charge < -0.3 is 14.6 Å². The average Bonchev–Trinajstić information content (AvgIpc) is 2.53. The summed E-state index contributed by atoms with van der Waals surface area (Å²) in [5.41, 5.74) is 2.56. The van der Waals surface area contributed by atoms with Gasteiger partial charge in [-0.1, -0.05) is 42.8 Å². The number of rotatable bonds is 5. The van der Waals surface area contributed by atoms with Gasteiger partial charge in [-0.05, 0) is 23.6 Å². The summed E-state index contributed by atoms with van der Waals surface area (Å²) in [6.07, 6.45) is 0.0477. The van der Waals surface area contributed by atoms with E-state index in [2.05, 4.69) is 6.92 Å². The van der Waals surface area contributed by atoms with Crippen LogP contribution in [0.1, 0.15) is 29.7 Å². The molecule has 0 aliphatic rings. The maximum Gasteiger partial charge on any atom is 0.162 e. The molecule has 0 heterocycles. The predicted octanol–water partition coefficient (Wildman–Crippen LogP) is 4.00. The summed E-state index contributed by atoms with van der Waals surface area (Å²) in [6, 6.07) is 11.2. The molecule has 2 aromatic rings. The molecular formula is C17H19ClO3. The van der Waals surface area contributed by atoms with E-state index < -0.39 is 6.10 Å². The van der Waals surface area contributed by atoms with Gasteiger partial charge in [0.1, 0.15) is 6.10 Å². The number of hydrogen-bond acceptors (Lipinski definition) is 3. The fourth-order valence-corrected chi connectivity index (χ4v) is 2.63. The van der Waals surface area contributed by atoms with E-state index in [4.69, 9.17) is 21.1 Å². The van der Waals surface area contributed by atoms with Gasteiger partial charge in [-0.2, -0.15) is 0 Å². The van der Waals surface area contributed by atoms with E-state index in [1.54, 1.807) is 26.4 Å². The lowest BCUT2D eigenvalue weighted by atomic mass is 9.95. The van der Waals surface area contributed by atoms with Gasteiger partial charge in [0, 0.05) is 11.6 Å². The van der Waals surface area contributed by atoms with Crippen molar-refractivity contribution >= 4 is 11.6 Å². The summed E-state index contributed by atoms with van der Waals surface area (Å²) in [5, 5.41) is 11.1. The summed E-state index contributed by atoms with van der Waals surface area (Å²) in [6.45, 7) is 2.06. The van der Waals surface area contributed by atoms with E-state index in [9.17, 15) is 5.11 Å². The van der Waals surface area contributed by atoms with Crippen LogP contribution in [0.2, 0.25) is 5.02 Å². The maximum absolute atomic E-state index is 10.7. The van der Waals surface area contributed by atoms with Crippen molar-refractivity contribution in [1.82, 2.24) is 0 Å². The molecule has 112 valence electrons. The Morgan fingerprint density at radius 3 is 2.29 bits per heavy atom. The highest BCUT2D eigenvalue weighted by Crippen LogP contribution is 2.38. The number of methoxy groups -OCH3 is 2. The number of aliphatic hydroxyl groups excluding tert-OH is 1. The first-order valence-corrected chi connectivity index (χ1v) is 7.17. The molecule has 0 radical (unpaired) electrons. The third kappa shape index (κ3) is 3.14. The lowest BCUT2D eigenvalue weighted by Gasteiger charge is -2.18. The van der Waals surface area contributed by atoms with E-state index in [0.717, 1.165) is 17.5 Å². The highest BCUT2D eigenvalue weighted by Gasteiger charge is 2.19. The normalized spacial score (nSPS) is 12.0. The van der Waals surface area contributed by atoms with E-state index in [0.29, 0.717) is 22.1 Å². The molecule has 0 saturated heterocycles. The number of halogens is 1. The number of ether oxygens (including phenoxy) is 2. The van der Waals surface area contributed by atoms with Crippen LogP contribution in [0.25, 0.3) is 0 Å². The van der Waals surface area contributed by atoms with Crippen molar-refractivity contribution in [3.8, 4) is 11.5 Å². The van der Waals surface area contributed by atoms with Crippen LogP contribution in [0, 0.1) is 0 Å². The summed E-state index contributed by atoms with van der Waals surface area (Å²) in [4.78, 5) is 0. The van der Waals surface area contributed by atoms with Crippen LogP contribution in [0.15, 0.2) is 36.4 Å². The molecule has 1 atom stereocenters. The van der Waals surface area contributed by atoms with E-state index in [1.165, 1.54) is 0 Å². The molecule has 1 unspecified atom stereocenters. The van der Waals surface area contributed by atoms with Crippen molar-refractivity contribution in [2.45, 2.75) is 19.4 Å². The Labute approximate surface area is 130 Å². The van der Waals surface area contributed by atoms with Crippen molar-refractivity contribution in [2.75, 3.05) is 14.2 Å². The van der Waals surface area contributed by atoms with E-state index >= 15 is 0 Å². The monoisotopic (exact) mass is 306 g/mol. The van der Waals surface area contributed by atoms with Crippen molar-refractivity contribution in [2.24, 2.45) is 0 Å². The van der Waals surface area contributed by atoms with Crippen LogP contribution in [-0.2, 0) is 6.42 Å². The van der Waals surface area contributed by atoms with Crippen molar-refractivity contribution in [3.05, 3.63) is 58.1 Å². The largest absolute Gasteiger partial charge is 0.493 e. The minimum atomic E-state index is -0.798. The van der Waals surface area contributed by atoms with E-state index in [-0.39, 0.29) is 0 Å². The first-order valence-electron chi connectivity index (χ1n) is 6.79. The van der Waals surface area contributed by atoms with Gasteiger partial charge in [-0.25, -0.2) is 0 Å². The summed E-state index contributed by atoms with van der Waals surface area (Å²) in [7, 11) is 3.11. The molecule has 21 heavy (non-hydrogen) atoms. The molecule has 0 aliphatic heterocycles. The van der Waals surface area contributed by atoms with Crippen LogP contribution in [0.3, 0.4) is 0 Å². The van der Waals surface area contributed by atoms with Crippen molar-refractivity contribution < 1.29 is 14.6 Å². The van der Waals surface area contributed by atoms with Gasteiger partial charge in [-0.3, -0.25) is 0 Å². The fourth-order valence-electron chi connectivity index (χ4n) is 2.37. The van der Waals surface area contributed by atoms with Crippen molar-refractivity contribution in [3.63, 3.8) is 0 Å². The van der Waals surface area contributed by atoms with Gasteiger partial charge in [0.2, 0.25) is 0 Å². The van der Waals surface area contributed by atoms with E-state index in [1.807, 2.05) is 24.3 Å². The predicted molar refractivity (Wildman–Crippen MR) is 84.4 cm³/mol. The molecule has 0 spiro atoms. The molecule has 0 amide bonds. The zero-order valence-electron chi connectivity index (χ0n) is 12.4. The SMILES string of the molecule is CCc1ccccc1C(O)c1cc(OC)c(OC)cc1Cl. The van der Waals surface area contributed by atoms with Crippen LogP contribution in [0.5, 0.6) is 11.5 Å². The number of aliphatic hydroxyl groups is 1. The molecule has 3 nitrogen and oxygen atoms in total. The molecule has 4 heteroatoms. The minimum absolute atomic E-state index is 0.450. The molecule has 0 bridgehead atoms. The molecule has 0 fully saturated rings. The average molecular weight is 307 g/mol. The van der Waals surface area contributed by atoms with Crippen LogP contribution < -0.4 is 9.47 Å². The third-order valence-electron chi connectivity index (χ3n) is 3.53. The van der Waals surface area contributed by atoms with Gasteiger partial charge >= 0.3 is 0 Å². The first kappa shape index (κ1) is 15.7. The molecule has 2 rings (SSSR count). The maximum atomic E-state index is 10.7. The van der Waals surface area contributed by atoms with Crippen LogP contribution >= 0.6 is 11.6 Å². The highest BCUT2D eigenvalue weighted by molar-refractivity contribution is 6.31. The summed E-state index contributed by atoms with van der Waals surface area (Å²) >= 11 is 6.28. The first-order chi connectivity index (χ1) is 10.1. The Kier molecular flexibility index (Phi) is 5.10. The van der Waals surface area contributed by atoms with Gasteiger partial charge in [-0.15, -0.1) is 0 Å². The fraction of sp³-hybridized carbons (Fsp3) is 0.294. The van der Waals surface area contributed by atoms with Gasteiger partial charge in [0.25, 0.3) is 0 Å². The summed E-state index contributed by atoms with van der Waals surface area (Å²) in [5.74, 6) is 1.09. The van der Waals surface area contributed by atoms with Gasteiger partial charge in [0.15, 0.2) is 11.5 Å². The molecule has 0 saturated carbocycles. The van der Waals surface area contributed by atoms with Crippen LogP contribution in [0.4, 0.5) is 0 Å². The topological polar surface area (TPSA) is 38.7 Å². The molecule has 0 aliphatic carbocycles. The smallest absolute Gasteiger partial charge is 0.162 e. The second kappa shape index (κ2) is 6.83. The number of hydrogen-bond donors (Lipinski definition) is 1. The molecule has 1 N–H and O–H groups in total. The minimum Gasteiger partial charge on any atom is -0.493 e. The zero-order valence-corrected chi connectivity index (χ0v) is 13.1. The molecule has 2 aromatic carbocycles. The second-order valence-electron chi connectivity index (χ2n) is 4.68. The standard InChI is InChI=1S/C17H19ClO3/c1-4-11-7-5-6-8-12(11)17(19)13-9-15(20-2)16(21-3)10-14(13)18/h5-10,17,19H,4H2,1-3H3. The second-order valence-corrected chi connectivity index (χ2v) is 5.09. The Morgan fingerprint density at radius 1 is 1.05 bits per heavy atom. The van der Waals surface area contributed by atoms with Crippen LogP contribution in [-0.4, -0.2) is 19.3 Å². The lowest BCUT2D eigenvalue weighted by molar-refractivity contribution is 0.218. The number of benzene rings is 2. The Bertz CT molecular complexity index is 625. The van der Waals surface area contributed by atoms with Gasteiger partial charge in [0.05, 0.1) is 19.2 Å². The molecule has 0 aromatic heterocycles. The molecular weight excluding hydrogens is 288 g/mol. The van der Waals surface area contributed by atoms with Crippen molar-refractivity contribution in [1.29, 1.82) is 0 Å². The quantitative estimate of drug-likeness (QED) is 0.907. The zero-order chi connectivity index (χ0) is 15.4. The highest BCUT2D eigenvalue weighted by atomic mass is 35.5. The summed E-state index contributed by atoms with van der Waals surface area (Å²) < 4.78 is 10.5. The Balaban J connectivity index is 2.50. The Hall–Kier alpha value is -1.71. The lowest BCUT2D eigenvalue weighted by Crippen LogP contribution is -2.05.